The summed E-state index contributed by atoms with van der Waals surface area (Å²) in [6, 6.07) is 22.1. The van der Waals surface area contributed by atoms with E-state index in [1.807, 2.05) is 36.4 Å². The number of nitrogens with one attached hydrogen (secondary N) is 1. The van der Waals surface area contributed by atoms with Gasteiger partial charge in [-0.05, 0) is 53.9 Å². The average molecular weight is 391 g/mol. The van der Waals surface area contributed by atoms with E-state index >= 15 is 0 Å². The summed E-state index contributed by atoms with van der Waals surface area (Å²) in [5.74, 6) is -0.302. The molecule has 1 heterocycles. The molecule has 0 saturated carbocycles. The van der Waals surface area contributed by atoms with Crippen molar-refractivity contribution in [1.29, 1.82) is 0 Å². The number of hydrogen-bond acceptors (Lipinski definition) is 2. The number of hydrogen-bond donors (Lipinski definition) is 1. The quantitative estimate of drug-likeness (QED) is 0.714. The van der Waals surface area contributed by atoms with Gasteiger partial charge < -0.3 is 10.2 Å². The maximum Gasteiger partial charge on any atom is 0.258 e. The molecular formula is C23H19ClN2O2. The van der Waals surface area contributed by atoms with Gasteiger partial charge in [-0.15, -0.1) is 0 Å². The van der Waals surface area contributed by atoms with E-state index < -0.39 is 0 Å². The number of anilines is 1. The fourth-order valence-electron chi connectivity index (χ4n) is 3.39. The maximum atomic E-state index is 13.0. The zero-order chi connectivity index (χ0) is 19.5. The largest absolute Gasteiger partial charge is 0.348 e. The number of amides is 2. The molecule has 0 aliphatic carbocycles. The lowest BCUT2D eigenvalue weighted by atomic mass is 10.1. The maximum absolute atomic E-state index is 13.0. The molecule has 0 unspecified atom stereocenters. The second kappa shape index (κ2) is 7.87. The Bertz CT molecular complexity index is 1030. The molecule has 0 radical (unpaired) electrons. The Labute approximate surface area is 168 Å². The Morgan fingerprint density at radius 3 is 2.50 bits per heavy atom. The van der Waals surface area contributed by atoms with E-state index in [-0.39, 0.29) is 11.8 Å². The van der Waals surface area contributed by atoms with Crippen molar-refractivity contribution in [3.63, 3.8) is 0 Å². The number of carbonyl (C=O) groups excluding carboxylic acids is 2. The Balaban J connectivity index is 1.47. The van der Waals surface area contributed by atoms with E-state index in [0.717, 1.165) is 17.7 Å². The predicted molar refractivity (Wildman–Crippen MR) is 111 cm³/mol. The van der Waals surface area contributed by atoms with Gasteiger partial charge in [0.2, 0.25) is 0 Å². The minimum Gasteiger partial charge on any atom is -0.348 e. The highest BCUT2D eigenvalue weighted by Gasteiger charge is 2.25. The fraction of sp³-hybridized carbons (Fsp3) is 0.130. The molecule has 3 aromatic rings. The van der Waals surface area contributed by atoms with Crippen LogP contribution in [0.15, 0.2) is 72.8 Å². The summed E-state index contributed by atoms with van der Waals surface area (Å²) in [7, 11) is 0. The minimum atomic E-state index is -0.216. The number of carbonyl (C=O) groups is 2. The second-order valence-corrected chi connectivity index (χ2v) is 7.16. The van der Waals surface area contributed by atoms with Crippen molar-refractivity contribution in [3.8, 4) is 0 Å². The van der Waals surface area contributed by atoms with E-state index in [9.17, 15) is 9.59 Å². The van der Waals surface area contributed by atoms with Crippen LogP contribution in [0, 0.1) is 0 Å². The van der Waals surface area contributed by atoms with Gasteiger partial charge in [0.25, 0.3) is 11.8 Å². The van der Waals surface area contributed by atoms with Gasteiger partial charge in [0.05, 0.1) is 0 Å². The smallest absolute Gasteiger partial charge is 0.258 e. The molecule has 0 fully saturated rings. The molecule has 1 aliphatic rings. The van der Waals surface area contributed by atoms with Crippen LogP contribution in [0.1, 0.15) is 31.8 Å². The van der Waals surface area contributed by atoms with Gasteiger partial charge in [0.1, 0.15) is 0 Å². The van der Waals surface area contributed by atoms with E-state index in [1.54, 1.807) is 41.3 Å². The molecule has 3 aromatic carbocycles. The molecule has 0 spiro atoms. The Morgan fingerprint density at radius 1 is 0.929 bits per heavy atom. The first-order valence-electron chi connectivity index (χ1n) is 9.14. The number of nitrogens with zero attached hydrogens (tertiary/aromatic N) is 1. The van der Waals surface area contributed by atoms with Crippen LogP contribution in [0.2, 0.25) is 5.02 Å². The van der Waals surface area contributed by atoms with E-state index in [0.29, 0.717) is 29.2 Å². The summed E-state index contributed by atoms with van der Waals surface area (Å²) in [6.07, 6.45) is 0.850. The van der Waals surface area contributed by atoms with Crippen molar-refractivity contribution in [2.24, 2.45) is 0 Å². The summed E-state index contributed by atoms with van der Waals surface area (Å²) in [5, 5.41) is 3.54. The molecule has 28 heavy (non-hydrogen) atoms. The first-order chi connectivity index (χ1) is 13.6. The molecule has 0 saturated heterocycles. The number of benzene rings is 3. The van der Waals surface area contributed by atoms with Crippen LogP contribution in [0.3, 0.4) is 0 Å². The minimum absolute atomic E-state index is 0.0858. The van der Waals surface area contributed by atoms with Crippen molar-refractivity contribution < 1.29 is 9.59 Å². The average Bonchev–Trinajstić information content (AvgIpc) is 3.17. The highest BCUT2D eigenvalue weighted by atomic mass is 35.5. The van der Waals surface area contributed by atoms with Gasteiger partial charge in [0.15, 0.2) is 0 Å². The predicted octanol–water partition coefficient (Wildman–Crippen LogP) is 4.47. The highest BCUT2D eigenvalue weighted by Crippen LogP contribution is 2.28. The van der Waals surface area contributed by atoms with Crippen LogP contribution >= 0.6 is 11.6 Å². The molecule has 0 atom stereocenters. The Hall–Kier alpha value is -3.11. The van der Waals surface area contributed by atoms with Crippen LogP contribution in [0.25, 0.3) is 0 Å². The summed E-state index contributed by atoms with van der Waals surface area (Å²) < 4.78 is 0. The van der Waals surface area contributed by atoms with Crippen molar-refractivity contribution in [1.82, 2.24) is 5.32 Å². The van der Waals surface area contributed by atoms with Crippen LogP contribution in [-0.4, -0.2) is 18.4 Å². The second-order valence-electron chi connectivity index (χ2n) is 6.73. The zero-order valence-electron chi connectivity index (χ0n) is 15.2. The van der Waals surface area contributed by atoms with Gasteiger partial charge in [-0.2, -0.15) is 0 Å². The van der Waals surface area contributed by atoms with Gasteiger partial charge >= 0.3 is 0 Å². The lowest BCUT2D eigenvalue weighted by Crippen LogP contribution is -2.29. The Kier molecular flexibility index (Phi) is 5.13. The lowest BCUT2D eigenvalue weighted by molar-refractivity contribution is 0.0951. The zero-order valence-corrected chi connectivity index (χ0v) is 15.9. The summed E-state index contributed by atoms with van der Waals surface area (Å²) in [6.45, 7) is 1.05. The van der Waals surface area contributed by atoms with E-state index in [2.05, 4.69) is 5.32 Å². The molecule has 140 valence electrons. The van der Waals surface area contributed by atoms with Crippen molar-refractivity contribution in [2.75, 3.05) is 11.4 Å². The number of halogens is 1. The number of fused-ring (bicyclic) bond motifs is 1. The molecule has 1 N–H and O–H groups in total. The lowest BCUT2D eigenvalue weighted by Gasteiger charge is -2.17. The molecular weight excluding hydrogens is 372 g/mol. The normalized spacial score (nSPS) is 12.5. The van der Waals surface area contributed by atoms with E-state index in [4.69, 9.17) is 11.6 Å². The molecule has 0 aromatic heterocycles. The van der Waals surface area contributed by atoms with Crippen molar-refractivity contribution in [2.45, 2.75) is 13.0 Å². The first-order valence-corrected chi connectivity index (χ1v) is 9.52. The summed E-state index contributed by atoms with van der Waals surface area (Å²) in [5.41, 5.74) is 4.06. The summed E-state index contributed by atoms with van der Waals surface area (Å²) in [4.78, 5) is 27.3. The molecule has 4 rings (SSSR count). The third-order valence-electron chi connectivity index (χ3n) is 4.87. The molecule has 4 nitrogen and oxygen atoms in total. The van der Waals surface area contributed by atoms with Gasteiger partial charge in [-0.25, -0.2) is 0 Å². The monoisotopic (exact) mass is 390 g/mol. The number of para-hydroxylation sites is 1. The van der Waals surface area contributed by atoms with Crippen LogP contribution in [-0.2, 0) is 13.0 Å². The highest BCUT2D eigenvalue weighted by molar-refractivity contribution is 6.30. The first kappa shape index (κ1) is 18.3. The van der Waals surface area contributed by atoms with Gasteiger partial charge in [-0.1, -0.05) is 48.0 Å². The standard InChI is InChI=1S/C23H19ClN2O2/c24-20-10-8-16(9-11-20)15-25-22(27)18-5-3-6-19(14-18)23(28)26-13-12-17-4-1-2-7-21(17)26/h1-11,14H,12-13,15H2,(H,25,27). The Morgan fingerprint density at radius 2 is 1.68 bits per heavy atom. The third-order valence-corrected chi connectivity index (χ3v) is 5.12. The number of rotatable bonds is 4. The summed E-state index contributed by atoms with van der Waals surface area (Å²) >= 11 is 5.88. The SMILES string of the molecule is O=C(NCc1ccc(Cl)cc1)c1cccc(C(=O)N2CCc3ccccc32)c1. The molecule has 2 amide bonds. The van der Waals surface area contributed by atoms with E-state index in [1.165, 1.54) is 5.56 Å². The van der Waals surface area contributed by atoms with Crippen molar-refractivity contribution >= 4 is 29.1 Å². The third kappa shape index (κ3) is 3.78. The molecule has 0 bridgehead atoms. The van der Waals surface area contributed by atoms with Crippen LogP contribution in [0.5, 0.6) is 0 Å². The van der Waals surface area contributed by atoms with Crippen LogP contribution in [0.4, 0.5) is 5.69 Å². The van der Waals surface area contributed by atoms with Gasteiger partial charge in [0, 0.05) is 34.9 Å². The fourth-order valence-corrected chi connectivity index (χ4v) is 3.51. The van der Waals surface area contributed by atoms with Gasteiger partial charge in [-0.3, -0.25) is 9.59 Å². The topological polar surface area (TPSA) is 49.4 Å². The molecule has 1 aliphatic heterocycles. The van der Waals surface area contributed by atoms with Crippen LogP contribution < -0.4 is 10.2 Å². The molecule has 5 heteroatoms. The van der Waals surface area contributed by atoms with Crippen molar-refractivity contribution in [3.05, 3.63) is 100 Å².